The van der Waals surface area contributed by atoms with Crippen LogP contribution in [-0.4, -0.2) is 10.8 Å². The number of nitro benzene ring substituents is 1. The first-order valence-electron chi connectivity index (χ1n) is 6.96. The fourth-order valence-corrected chi connectivity index (χ4v) is 2.32. The van der Waals surface area contributed by atoms with E-state index in [9.17, 15) is 20.2 Å². The van der Waals surface area contributed by atoms with Crippen LogP contribution in [0.1, 0.15) is 39.5 Å². The lowest BCUT2D eigenvalue weighted by molar-refractivity contribution is -0.384. The molecule has 0 unspecified atom stereocenters. The van der Waals surface area contributed by atoms with Crippen molar-refractivity contribution in [3.63, 3.8) is 0 Å². The molecule has 0 saturated carbocycles. The van der Waals surface area contributed by atoms with Gasteiger partial charge in [-0.1, -0.05) is 32.8 Å². The van der Waals surface area contributed by atoms with Crippen LogP contribution in [0.2, 0.25) is 0 Å². The largest absolute Gasteiger partial charge is 0.324 e. The lowest BCUT2D eigenvalue weighted by atomic mass is 9.79. The zero-order valence-electron chi connectivity index (χ0n) is 12.3. The highest BCUT2D eigenvalue weighted by Crippen LogP contribution is 2.31. The minimum absolute atomic E-state index is 0.0960. The zero-order chi connectivity index (χ0) is 15.9. The summed E-state index contributed by atoms with van der Waals surface area (Å²) in [5.41, 5.74) is -0.837. The molecule has 112 valence electrons. The Morgan fingerprint density at radius 2 is 2.00 bits per heavy atom. The Labute approximate surface area is 123 Å². The van der Waals surface area contributed by atoms with Gasteiger partial charge in [0.2, 0.25) is 5.91 Å². The molecule has 1 aromatic rings. The van der Waals surface area contributed by atoms with Crippen molar-refractivity contribution >= 4 is 17.3 Å². The van der Waals surface area contributed by atoms with E-state index in [1.165, 1.54) is 18.2 Å². The second-order valence-corrected chi connectivity index (χ2v) is 4.96. The third-order valence-electron chi connectivity index (χ3n) is 3.32. The van der Waals surface area contributed by atoms with Gasteiger partial charge in [-0.2, -0.15) is 5.26 Å². The van der Waals surface area contributed by atoms with Crippen molar-refractivity contribution in [3.05, 3.63) is 34.4 Å². The molecule has 1 aromatic carbocycles. The minimum atomic E-state index is -1.08. The summed E-state index contributed by atoms with van der Waals surface area (Å²) in [5.74, 6) is -0.394. The monoisotopic (exact) mass is 289 g/mol. The Morgan fingerprint density at radius 3 is 2.48 bits per heavy atom. The summed E-state index contributed by atoms with van der Waals surface area (Å²) in [5, 5.41) is 22.8. The topological polar surface area (TPSA) is 96.0 Å². The Kier molecular flexibility index (Phi) is 5.85. The Balaban J connectivity index is 2.99. The van der Waals surface area contributed by atoms with Crippen molar-refractivity contribution in [2.24, 2.45) is 5.41 Å². The van der Waals surface area contributed by atoms with E-state index in [1.54, 1.807) is 6.07 Å². The van der Waals surface area contributed by atoms with Crippen molar-refractivity contribution in [2.75, 3.05) is 5.32 Å². The highest BCUT2D eigenvalue weighted by atomic mass is 16.6. The van der Waals surface area contributed by atoms with Crippen LogP contribution in [0.25, 0.3) is 0 Å². The quantitative estimate of drug-likeness (QED) is 0.612. The van der Waals surface area contributed by atoms with Crippen LogP contribution in [0.4, 0.5) is 11.4 Å². The summed E-state index contributed by atoms with van der Waals surface area (Å²) in [6.07, 6.45) is 2.38. The molecule has 0 fully saturated rings. The van der Waals surface area contributed by atoms with Crippen molar-refractivity contribution in [1.82, 2.24) is 0 Å². The van der Waals surface area contributed by atoms with Gasteiger partial charge in [0, 0.05) is 17.8 Å². The molecule has 0 bridgehead atoms. The number of carbonyl (C=O) groups is 1. The van der Waals surface area contributed by atoms with Crippen molar-refractivity contribution < 1.29 is 9.72 Å². The van der Waals surface area contributed by atoms with Gasteiger partial charge >= 0.3 is 0 Å². The highest BCUT2D eigenvalue weighted by molar-refractivity contribution is 5.97. The number of hydrogen-bond acceptors (Lipinski definition) is 4. The van der Waals surface area contributed by atoms with Gasteiger partial charge in [0.1, 0.15) is 5.41 Å². The third-order valence-corrected chi connectivity index (χ3v) is 3.32. The number of anilines is 1. The molecule has 0 aliphatic heterocycles. The molecule has 0 aliphatic rings. The smallest absolute Gasteiger partial charge is 0.271 e. The van der Waals surface area contributed by atoms with E-state index in [2.05, 4.69) is 11.4 Å². The molecule has 21 heavy (non-hydrogen) atoms. The minimum Gasteiger partial charge on any atom is -0.324 e. The average molecular weight is 289 g/mol. The zero-order valence-corrected chi connectivity index (χ0v) is 12.3. The second-order valence-electron chi connectivity index (χ2n) is 4.96. The van der Waals surface area contributed by atoms with Gasteiger partial charge in [-0.25, -0.2) is 0 Å². The fourth-order valence-electron chi connectivity index (χ4n) is 2.32. The number of non-ortho nitro benzene ring substituents is 1. The third kappa shape index (κ3) is 4.02. The maximum absolute atomic E-state index is 12.4. The number of nitrogens with one attached hydrogen (secondary N) is 1. The van der Waals surface area contributed by atoms with Crippen molar-refractivity contribution in [3.8, 4) is 6.07 Å². The maximum atomic E-state index is 12.4. The lowest BCUT2D eigenvalue weighted by Gasteiger charge is -2.24. The first-order chi connectivity index (χ1) is 9.99. The molecule has 0 aliphatic carbocycles. The molecule has 0 saturated heterocycles. The number of nitrogens with zero attached hydrogens (tertiary/aromatic N) is 2. The van der Waals surface area contributed by atoms with Gasteiger partial charge in [0.25, 0.3) is 5.69 Å². The summed E-state index contributed by atoms with van der Waals surface area (Å²) in [6, 6.07) is 7.85. The predicted octanol–water partition coefficient (Wildman–Crippen LogP) is 3.64. The van der Waals surface area contributed by atoms with Crippen molar-refractivity contribution in [1.29, 1.82) is 5.26 Å². The van der Waals surface area contributed by atoms with Crippen LogP contribution < -0.4 is 5.32 Å². The molecule has 1 amide bonds. The molecule has 6 heteroatoms. The normalized spacial score (nSPS) is 10.7. The van der Waals surface area contributed by atoms with Gasteiger partial charge in [0.15, 0.2) is 0 Å². The standard InChI is InChI=1S/C15H19N3O3/c1-3-8-15(11-16,9-4-2)14(19)17-12-6-5-7-13(10-12)18(20)21/h5-7,10H,3-4,8-9H2,1-2H3,(H,17,19). The first-order valence-corrected chi connectivity index (χ1v) is 6.96. The highest BCUT2D eigenvalue weighted by Gasteiger charge is 2.37. The van der Waals surface area contributed by atoms with Crippen LogP contribution in [0.3, 0.4) is 0 Å². The van der Waals surface area contributed by atoms with E-state index in [1.807, 2.05) is 13.8 Å². The van der Waals surface area contributed by atoms with E-state index in [0.717, 1.165) is 12.8 Å². The number of amides is 1. The number of nitriles is 1. The molecule has 0 heterocycles. The van der Waals surface area contributed by atoms with Gasteiger partial charge in [0.05, 0.1) is 11.0 Å². The van der Waals surface area contributed by atoms with E-state index < -0.39 is 16.2 Å². The van der Waals surface area contributed by atoms with E-state index in [-0.39, 0.29) is 5.69 Å². The van der Waals surface area contributed by atoms with E-state index in [0.29, 0.717) is 18.5 Å². The molecule has 1 rings (SSSR count). The Bertz CT molecular complexity index is 558. The van der Waals surface area contributed by atoms with E-state index in [4.69, 9.17) is 0 Å². The van der Waals surface area contributed by atoms with Crippen LogP contribution in [-0.2, 0) is 4.79 Å². The average Bonchev–Trinajstić information content (AvgIpc) is 2.47. The molecular weight excluding hydrogens is 270 g/mol. The number of nitro groups is 1. The Morgan fingerprint density at radius 1 is 1.38 bits per heavy atom. The molecule has 0 radical (unpaired) electrons. The predicted molar refractivity (Wildman–Crippen MR) is 79.6 cm³/mol. The summed E-state index contributed by atoms with van der Waals surface area (Å²) in [7, 11) is 0. The molecule has 0 aromatic heterocycles. The van der Waals surface area contributed by atoms with Crippen LogP contribution in [0.15, 0.2) is 24.3 Å². The molecular formula is C15H19N3O3. The SMILES string of the molecule is CCCC(C#N)(CCC)C(=O)Nc1cccc([N+](=O)[O-])c1. The van der Waals surface area contributed by atoms with Gasteiger partial charge in [-0.15, -0.1) is 0 Å². The summed E-state index contributed by atoms with van der Waals surface area (Å²) in [4.78, 5) is 22.6. The Hall–Kier alpha value is -2.42. The van der Waals surface area contributed by atoms with E-state index >= 15 is 0 Å². The van der Waals surface area contributed by atoms with Crippen molar-refractivity contribution in [2.45, 2.75) is 39.5 Å². The molecule has 1 N–H and O–H groups in total. The summed E-state index contributed by atoms with van der Waals surface area (Å²) >= 11 is 0. The first kappa shape index (κ1) is 16.6. The fraction of sp³-hybridized carbons (Fsp3) is 0.467. The number of carbonyl (C=O) groups excluding carboxylic acids is 1. The second kappa shape index (κ2) is 7.39. The lowest BCUT2D eigenvalue weighted by Crippen LogP contribution is -2.35. The maximum Gasteiger partial charge on any atom is 0.271 e. The summed E-state index contributed by atoms with van der Waals surface area (Å²) in [6.45, 7) is 3.84. The summed E-state index contributed by atoms with van der Waals surface area (Å²) < 4.78 is 0. The molecule has 6 nitrogen and oxygen atoms in total. The van der Waals surface area contributed by atoms with Gasteiger partial charge in [-0.3, -0.25) is 14.9 Å². The van der Waals surface area contributed by atoms with Crippen LogP contribution in [0.5, 0.6) is 0 Å². The van der Waals surface area contributed by atoms with Gasteiger partial charge < -0.3 is 5.32 Å². The number of hydrogen-bond donors (Lipinski definition) is 1. The molecule has 0 spiro atoms. The van der Waals surface area contributed by atoms with Crippen LogP contribution in [0, 0.1) is 26.9 Å². The molecule has 0 atom stereocenters. The number of benzene rings is 1. The number of rotatable bonds is 7. The van der Waals surface area contributed by atoms with Crippen LogP contribution >= 0.6 is 0 Å². The van der Waals surface area contributed by atoms with Gasteiger partial charge in [-0.05, 0) is 18.9 Å².